The molecule has 0 saturated carbocycles. The van der Waals surface area contributed by atoms with Crippen LogP contribution in [0.5, 0.6) is 0 Å². The molecule has 1 unspecified atom stereocenters. The highest BCUT2D eigenvalue weighted by molar-refractivity contribution is 8.01. The fraction of sp³-hybridized carbons (Fsp3) is 0.500. The van der Waals surface area contributed by atoms with Gasteiger partial charge in [0.15, 0.2) is 4.34 Å². The van der Waals surface area contributed by atoms with Crippen LogP contribution in [0.4, 0.5) is 0 Å². The molecule has 3 rings (SSSR count). The van der Waals surface area contributed by atoms with Gasteiger partial charge in [-0.15, -0.1) is 11.3 Å². The third-order valence-electron chi connectivity index (χ3n) is 4.26. The van der Waals surface area contributed by atoms with Crippen molar-refractivity contribution in [2.75, 3.05) is 18.8 Å². The van der Waals surface area contributed by atoms with Gasteiger partial charge in [0.05, 0.1) is 16.0 Å². The highest BCUT2D eigenvalue weighted by Gasteiger charge is 2.35. The lowest BCUT2D eigenvalue weighted by Crippen LogP contribution is -2.54. The number of carbonyl (C=O) groups excluding carboxylic acids is 1. The Morgan fingerprint density at radius 3 is 3.00 bits per heavy atom. The number of hydrogen-bond donors (Lipinski definition) is 1. The maximum atomic E-state index is 12.4. The molecule has 1 fully saturated rings. The second kappa shape index (κ2) is 6.18. The largest absolute Gasteiger partial charge is 0.341 e. The number of piperidine rings is 1. The number of hydrogen-bond acceptors (Lipinski definition) is 5. The Kier molecular flexibility index (Phi) is 4.43. The summed E-state index contributed by atoms with van der Waals surface area (Å²) in [5, 5.41) is 0. The van der Waals surface area contributed by atoms with E-state index in [9.17, 15) is 4.79 Å². The molecule has 1 atom stereocenters. The summed E-state index contributed by atoms with van der Waals surface area (Å²) in [6.07, 6.45) is 0.880. The van der Waals surface area contributed by atoms with Crippen LogP contribution in [-0.4, -0.2) is 40.7 Å². The van der Waals surface area contributed by atoms with Crippen LogP contribution >= 0.6 is 23.1 Å². The number of fused-ring (bicyclic) bond motifs is 1. The van der Waals surface area contributed by atoms with Gasteiger partial charge in [0.25, 0.3) is 0 Å². The van der Waals surface area contributed by atoms with Crippen molar-refractivity contribution < 1.29 is 4.79 Å². The van der Waals surface area contributed by atoms with Gasteiger partial charge < -0.3 is 10.6 Å². The molecule has 2 heterocycles. The van der Waals surface area contributed by atoms with E-state index in [1.807, 2.05) is 23.1 Å². The van der Waals surface area contributed by atoms with Gasteiger partial charge in [-0.05, 0) is 24.0 Å². The van der Waals surface area contributed by atoms with E-state index in [-0.39, 0.29) is 17.4 Å². The van der Waals surface area contributed by atoms with E-state index in [0.717, 1.165) is 29.4 Å². The molecule has 22 heavy (non-hydrogen) atoms. The fourth-order valence-electron chi connectivity index (χ4n) is 2.71. The molecule has 1 aliphatic rings. The molecule has 1 amide bonds. The van der Waals surface area contributed by atoms with Gasteiger partial charge in [-0.3, -0.25) is 4.79 Å². The van der Waals surface area contributed by atoms with Crippen LogP contribution in [-0.2, 0) is 4.79 Å². The lowest BCUT2D eigenvalue weighted by Gasteiger charge is -2.42. The quantitative estimate of drug-likeness (QED) is 0.876. The van der Waals surface area contributed by atoms with E-state index in [0.29, 0.717) is 5.75 Å². The van der Waals surface area contributed by atoms with Gasteiger partial charge in [-0.2, -0.15) is 0 Å². The molecule has 2 aromatic rings. The smallest absolute Gasteiger partial charge is 0.233 e. The molecule has 0 spiro atoms. The molecule has 2 N–H and O–H groups in total. The lowest BCUT2D eigenvalue weighted by atomic mass is 9.80. The summed E-state index contributed by atoms with van der Waals surface area (Å²) < 4.78 is 2.13. The number of nitrogens with zero attached hydrogens (tertiary/aromatic N) is 2. The first-order valence-electron chi connectivity index (χ1n) is 7.47. The van der Waals surface area contributed by atoms with E-state index in [1.54, 1.807) is 11.3 Å². The fourth-order valence-corrected chi connectivity index (χ4v) is 4.69. The molecule has 0 bridgehead atoms. The summed E-state index contributed by atoms with van der Waals surface area (Å²) in [6, 6.07) is 8.24. The SMILES string of the molecule is CC1(C)CN(C(=O)CSc2nc3ccccc3s2)CCC1N. The maximum Gasteiger partial charge on any atom is 0.233 e. The molecule has 1 aromatic heterocycles. The maximum absolute atomic E-state index is 12.4. The van der Waals surface area contributed by atoms with Crippen molar-refractivity contribution in [1.29, 1.82) is 0 Å². The molecule has 1 aliphatic heterocycles. The number of rotatable bonds is 3. The standard InChI is InChI=1S/C16H21N3OS2/c1-16(2)10-19(8-7-13(16)17)14(20)9-21-15-18-11-5-3-4-6-12(11)22-15/h3-6,13H,7-10,17H2,1-2H3. The van der Waals surface area contributed by atoms with Crippen LogP contribution in [0.2, 0.25) is 0 Å². The number of amides is 1. The number of aromatic nitrogens is 1. The Bertz CT molecular complexity index is 650. The van der Waals surface area contributed by atoms with Crippen molar-refractivity contribution in [3.63, 3.8) is 0 Å². The van der Waals surface area contributed by atoms with Gasteiger partial charge in [0.2, 0.25) is 5.91 Å². The van der Waals surface area contributed by atoms with E-state index in [4.69, 9.17) is 5.73 Å². The molecule has 6 heteroatoms. The highest BCUT2D eigenvalue weighted by atomic mass is 32.2. The Balaban J connectivity index is 1.60. The summed E-state index contributed by atoms with van der Waals surface area (Å²) in [7, 11) is 0. The van der Waals surface area contributed by atoms with Crippen molar-refractivity contribution in [3.8, 4) is 0 Å². The number of benzene rings is 1. The number of nitrogens with two attached hydrogens (primary N) is 1. The Morgan fingerprint density at radius 1 is 1.50 bits per heavy atom. The Labute approximate surface area is 139 Å². The minimum absolute atomic E-state index is 0.00552. The lowest BCUT2D eigenvalue weighted by molar-refractivity contribution is -0.131. The zero-order valence-corrected chi connectivity index (χ0v) is 14.5. The first-order chi connectivity index (χ1) is 10.5. The predicted octanol–water partition coefficient (Wildman–Crippen LogP) is 2.97. The first kappa shape index (κ1) is 15.8. The van der Waals surface area contributed by atoms with Crippen molar-refractivity contribution >= 4 is 39.2 Å². The zero-order chi connectivity index (χ0) is 15.7. The first-order valence-corrected chi connectivity index (χ1v) is 9.28. The molecular formula is C16H21N3OS2. The average Bonchev–Trinajstić information content (AvgIpc) is 2.90. The average molecular weight is 335 g/mol. The third kappa shape index (κ3) is 3.29. The molecule has 4 nitrogen and oxygen atoms in total. The third-order valence-corrected chi connectivity index (χ3v) is 6.42. The van der Waals surface area contributed by atoms with Crippen LogP contribution in [0.25, 0.3) is 10.2 Å². The summed E-state index contributed by atoms with van der Waals surface area (Å²) in [6.45, 7) is 5.78. The second-order valence-electron chi connectivity index (χ2n) is 6.44. The number of para-hydroxylation sites is 1. The molecule has 1 aromatic carbocycles. The van der Waals surface area contributed by atoms with Crippen LogP contribution in [0, 0.1) is 5.41 Å². The number of thioether (sulfide) groups is 1. The summed E-state index contributed by atoms with van der Waals surface area (Å²) >= 11 is 3.18. The van der Waals surface area contributed by atoms with Gasteiger partial charge in [0, 0.05) is 19.1 Å². The number of thiazole rings is 1. The molecule has 118 valence electrons. The van der Waals surface area contributed by atoms with Gasteiger partial charge in [-0.25, -0.2) is 4.98 Å². The molecular weight excluding hydrogens is 314 g/mol. The normalized spacial score (nSPS) is 21.2. The van der Waals surface area contributed by atoms with Gasteiger partial charge in [0.1, 0.15) is 0 Å². The van der Waals surface area contributed by atoms with Crippen molar-refractivity contribution in [2.45, 2.75) is 30.6 Å². The number of likely N-dealkylation sites (tertiary alicyclic amines) is 1. The minimum atomic E-state index is -0.00552. The van der Waals surface area contributed by atoms with Crippen LogP contribution in [0.1, 0.15) is 20.3 Å². The molecule has 0 radical (unpaired) electrons. The summed E-state index contributed by atoms with van der Waals surface area (Å²) in [5.74, 6) is 0.634. The molecule has 1 saturated heterocycles. The number of carbonyl (C=O) groups is 1. The monoisotopic (exact) mass is 335 g/mol. The van der Waals surface area contributed by atoms with E-state index in [2.05, 4.69) is 24.9 Å². The highest BCUT2D eigenvalue weighted by Crippen LogP contribution is 2.31. The van der Waals surface area contributed by atoms with Gasteiger partial charge in [-0.1, -0.05) is 37.7 Å². The van der Waals surface area contributed by atoms with E-state index >= 15 is 0 Å². The topological polar surface area (TPSA) is 59.2 Å². The van der Waals surface area contributed by atoms with Crippen LogP contribution in [0.3, 0.4) is 0 Å². The van der Waals surface area contributed by atoms with E-state index in [1.165, 1.54) is 16.5 Å². The van der Waals surface area contributed by atoms with Crippen molar-refractivity contribution in [3.05, 3.63) is 24.3 Å². The minimum Gasteiger partial charge on any atom is -0.341 e. The second-order valence-corrected chi connectivity index (χ2v) is 8.69. The zero-order valence-electron chi connectivity index (χ0n) is 12.9. The summed E-state index contributed by atoms with van der Waals surface area (Å²) in [4.78, 5) is 18.9. The Hall–Kier alpha value is -1.11. The van der Waals surface area contributed by atoms with E-state index < -0.39 is 0 Å². The molecule has 0 aliphatic carbocycles. The van der Waals surface area contributed by atoms with Crippen molar-refractivity contribution in [2.24, 2.45) is 11.1 Å². The van der Waals surface area contributed by atoms with Gasteiger partial charge >= 0.3 is 0 Å². The van der Waals surface area contributed by atoms with Crippen molar-refractivity contribution in [1.82, 2.24) is 9.88 Å². The summed E-state index contributed by atoms with van der Waals surface area (Å²) in [5.41, 5.74) is 7.13. The Morgan fingerprint density at radius 2 is 2.27 bits per heavy atom. The van der Waals surface area contributed by atoms with Crippen LogP contribution < -0.4 is 5.73 Å². The van der Waals surface area contributed by atoms with Crippen LogP contribution in [0.15, 0.2) is 28.6 Å². The predicted molar refractivity (Wildman–Crippen MR) is 93.3 cm³/mol.